The Morgan fingerprint density at radius 2 is 2.05 bits per heavy atom. The van der Waals surface area contributed by atoms with Crippen molar-refractivity contribution in [2.24, 2.45) is 0 Å². The lowest BCUT2D eigenvalue weighted by atomic mass is 10.1. The zero-order valence-corrected chi connectivity index (χ0v) is 12.4. The van der Waals surface area contributed by atoms with E-state index in [-0.39, 0.29) is 5.91 Å². The van der Waals surface area contributed by atoms with Gasteiger partial charge in [-0.25, -0.2) is 9.97 Å². The summed E-state index contributed by atoms with van der Waals surface area (Å²) in [5.41, 5.74) is 2.77. The zero-order chi connectivity index (χ0) is 15.1. The molecule has 0 radical (unpaired) electrons. The van der Waals surface area contributed by atoms with E-state index in [2.05, 4.69) is 39.7 Å². The molecular weight excluding hydrogens is 264 g/mol. The molecule has 5 heteroatoms. The van der Waals surface area contributed by atoms with Gasteiger partial charge < -0.3 is 10.6 Å². The molecular formula is C16H20N4O. The fraction of sp³-hybridized carbons (Fsp3) is 0.312. The fourth-order valence-electron chi connectivity index (χ4n) is 1.88. The Morgan fingerprint density at radius 1 is 1.24 bits per heavy atom. The summed E-state index contributed by atoms with van der Waals surface area (Å²) in [5, 5.41) is 5.95. The van der Waals surface area contributed by atoms with Gasteiger partial charge in [-0.15, -0.1) is 0 Å². The molecule has 0 unspecified atom stereocenters. The summed E-state index contributed by atoms with van der Waals surface area (Å²) in [6.07, 6.45) is 2.49. The number of hydrogen-bond donors (Lipinski definition) is 2. The zero-order valence-electron chi connectivity index (χ0n) is 12.4. The Kier molecular flexibility index (Phi) is 5.26. The maximum Gasteiger partial charge on any atom is 0.270 e. The summed E-state index contributed by atoms with van der Waals surface area (Å²) >= 11 is 0. The Labute approximate surface area is 124 Å². The third-order valence-electron chi connectivity index (χ3n) is 3.12. The molecule has 0 spiro atoms. The molecule has 0 atom stereocenters. The minimum Gasteiger partial charge on any atom is -0.351 e. The van der Waals surface area contributed by atoms with Crippen LogP contribution in [0.4, 0.5) is 5.95 Å². The fourth-order valence-corrected chi connectivity index (χ4v) is 1.88. The van der Waals surface area contributed by atoms with Gasteiger partial charge in [-0.1, -0.05) is 31.2 Å². The van der Waals surface area contributed by atoms with Crippen LogP contribution in [0.3, 0.4) is 0 Å². The van der Waals surface area contributed by atoms with E-state index in [0.29, 0.717) is 24.7 Å². The highest BCUT2D eigenvalue weighted by Crippen LogP contribution is 2.09. The average Bonchev–Trinajstić information content (AvgIpc) is 2.52. The first kappa shape index (κ1) is 15.0. The lowest BCUT2D eigenvalue weighted by Crippen LogP contribution is -2.25. The maximum absolute atomic E-state index is 11.9. The van der Waals surface area contributed by atoms with E-state index in [0.717, 1.165) is 6.42 Å². The van der Waals surface area contributed by atoms with Gasteiger partial charge in [0.1, 0.15) is 5.69 Å². The van der Waals surface area contributed by atoms with E-state index in [1.165, 1.54) is 11.1 Å². The van der Waals surface area contributed by atoms with Crippen molar-refractivity contribution in [3.8, 4) is 0 Å². The highest BCUT2D eigenvalue weighted by atomic mass is 16.1. The number of carbonyl (C=O) groups excluding carboxylic acids is 1. The molecule has 1 heterocycles. The molecule has 1 amide bonds. The van der Waals surface area contributed by atoms with Crippen molar-refractivity contribution in [1.82, 2.24) is 15.3 Å². The first-order valence-corrected chi connectivity index (χ1v) is 7.10. The molecule has 21 heavy (non-hydrogen) atoms. The quantitative estimate of drug-likeness (QED) is 0.855. The molecule has 0 aliphatic carbocycles. The van der Waals surface area contributed by atoms with Gasteiger partial charge in [0.25, 0.3) is 5.91 Å². The van der Waals surface area contributed by atoms with Crippen molar-refractivity contribution < 1.29 is 4.79 Å². The van der Waals surface area contributed by atoms with Crippen LogP contribution in [0.1, 0.15) is 35.0 Å². The van der Waals surface area contributed by atoms with Gasteiger partial charge in [0.2, 0.25) is 5.95 Å². The van der Waals surface area contributed by atoms with Gasteiger partial charge in [-0.2, -0.15) is 0 Å². The molecule has 2 aromatic rings. The van der Waals surface area contributed by atoms with Crippen LogP contribution in [0.2, 0.25) is 0 Å². The molecule has 0 aliphatic heterocycles. The molecule has 1 aromatic heterocycles. The van der Waals surface area contributed by atoms with Crippen molar-refractivity contribution in [3.63, 3.8) is 0 Å². The smallest absolute Gasteiger partial charge is 0.270 e. The number of benzene rings is 1. The lowest BCUT2D eigenvalue weighted by Gasteiger charge is -2.08. The molecule has 0 saturated heterocycles. The highest BCUT2D eigenvalue weighted by molar-refractivity contribution is 5.92. The van der Waals surface area contributed by atoms with Crippen LogP contribution in [0, 0.1) is 6.92 Å². The summed E-state index contributed by atoms with van der Waals surface area (Å²) in [7, 11) is 0. The summed E-state index contributed by atoms with van der Waals surface area (Å²) in [4.78, 5) is 20.2. The van der Waals surface area contributed by atoms with E-state index in [4.69, 9.17) is 0 Å². The van der Waals surface area contributed by atoms with Gasteiger partial charge in [-0.05, 0) is 30.5 Å². The number of carbonyl (C=O) groups is 1. The summed E-state index contributed by atoms with van der Waals surface area (Å²) in [5.74, 6) is 0.292. The highest BCUT2D eigenvalue weighted by Gasteiger charge is 2.07. The van der Waals surface area contributed by atoms with Gasteiger partial charge in [0, 0.05) is 19.3 Å². The topological polar surface area (TPSA) is 66.9 Å². The summed E-state index contributed by atoms with van der Waals surface area (Å²) in [6, 6.07) is 9.74. The molecule has 0 fully saturated rings. The number of amides is 1. The first-order valence-electron chi connectivity index (χ1n) is 7.10. The second kappa shape index (κ2) is 7.38. The predicted molar refractivity (Wildman–Crippen MR) is 83.2 cm³/mol. The van der Waals surface area contributed by atoms with Crippen LogP contribution in [-0.2, 0) is 6.54 Å². The number of anilines is 1. The van der Waals surface area contributed by atoms with E-state index < -0.39 is 0 Å². The standard InChI is InChI=1S/C16H20N4O/c1-3-9-17-15(21)14-8-10-18-16(20-14)19-11-13-7-5-4-6-12(13)2/h4-8,10H,3,9,11H2,1-2H3,(H,17,21)(H,18,19,20). The summed E-state index contributed by atoms with van der Waals surface area (Å²) < 4.78 is 0. The SMILES string of the molecule is CCCNC(=O)c1ccnc(NCc2ccccc2C)n1. The van der Waals surface area contributed by atoms with Gasteiger partial charge in [-0.3, -0.25) is 4.79 Å². The van der Waals surface area contributed by atoms with Crippen LogP contribution < -0.4 is 10.6 Å². The van der Waals surface area contributed by atoms with E-state index in [9.17, 15) is 4.79 Å². The Bertz CT molecular complexity index is 613. The molecule has 2 rings (SSSR count). The molecule has 110 valence electrons. The predicted octanol–water partition coefficient (Wildman–Crippen LogP) is 2.54. The van der Waals surface area contributed by atoms with E-state index in [1.807, 2.05) is 19.1 Å². The monoisotopic (exact) mass is 284 g/mol. The Morgan fingerprint density at radius 3 is 2.81 bits per heavy atom. The van der Waals surface area contributed by atoms with Crippen LogP contribution in [0.15, 0.2) is 36.5 Å². The number of aryl methyl sites for hydroxylation is 1. The van der Waals surface area contributed by atoms with Crippen LogP contribution in [0.25, 0.3) is 0 Å². The number of nitrogens with zero attached hydrogens (tertiary/aromatic N) is 2. The van der Waals surface area contributed by atoms with Crippen molar-refractivity contribution in [2.45, 2.75) is 26.8 Å². The Hall–Kier alpha value is -2.43. The van der Waals surface area contributed by atoms with Crippen molar-refractivity contribution in [1.29, 1.82) is 0 Å². The second-order valence-electron chi connectivity index (χ2n) is 4.80. The van der Waals surface area contributed by atoms with Crippen LogP contribution >= 0.6 is 0 Å². The molecule has 0 bridgehead atoms. The van der Waals surface area contributed by atoms with Crippen molar-refractivity contribution in [3.05, 3.63) is 53.3 Å². The number of hydrogen-bond acceptors (Lipinski definition) is 4. The van der Waals surface area contributed by atoms with Gasteiger partial charge in [0.05, 0.1) is 0 Å². The molecule has 2 N–H and O–H groups in total. The van der Waals surface area contributed by atoms with Gasteiger partial charge in [0.15, 0.2) is 0 Å². The number of nitrogens with one attached hydrogen (secondary N) is 2. The second-order valence-corrected chi connectivity index (χ2v) is 4.80. The van der Waals surface area contributed by atoms with E-state index in [1.54, 1.807) is 12.3 Å². The average molecular weight is 284 g/mol. The summed E-state index contributed by atoms with van der Waals surface area (Å²) in [6.45, 7) is 5.35. The third-order valence-corrected chi connectivity index (χ3v) is 3.12. The molecule has 0 aliphatic rings. The van der Waals surface area contributed by atoms with Crippen LogP contribution in [-0.4, -0.2) is 22.4 Å². The number of aromatic nitrogens is 2. The number of rotatable bonds is 6. The van der Waals surface area contributed by atoms with Crippen molar-refractivity contribution >= 4 is 11.9 Å². The minimum absolute atomic E-state index is 0.168. The molecule has 0 saturated carbocycles. The first-order chi connectivity index (χ1) is 10.2. The maximum atomic E-state index is 11.9. The third kappa shape index (κ3) is 4.27. The van der Waals surface area contributed by atoms with Crippen LogP contribution in [0.5, 0.6) is 0 Å². The van der Waals surface area contributed by atoms with Crippen molar-refractivity contribution in [2.75, 3.05) is 11.9 Å². The Balaban J connectivity index is 2.01. The lowest BCUT2D eigenvalue weighted by molar-refractivity contribution is 0.0948. The molecule has 5 nitrogen and oxygen atoms in total. The normalized spacial score (nSPS) is 10.2. The van der Waals surface area contributed by atoms with Gasteiger partial charge >= 0.3 is 0 Å². The largest absolute Gasteiger partial charge is 0.351 e. The van der Waals surface area contributed by atoms with E-state index >= 15 is 0 Å². The molecule has 1 aromatic carbocycles. The minimum atomic E-state index is -0.168.